The fourth-order valence-electron chi connectivity index (χ4n) is 13.9. The smallest absolute Gasteiger partial charge is 0.370 e. The molecule has 0 bridgehead atoms. The first-order chi connectivity index (χ1) is 42.7. The van der Waals surface area contributed by atoms with Crippen molar-refractivity contribution in [2.75, 3.05) is 11.4 Å². The molecule has 3 fully saturated rings. The number of fused-ring (bicyclic) bond motifs is 2. The Labute approximate surface area is 519 Å². The number of thiophene rings is 1. The number of nitrogens with one attached hydrogen (secondary N) is 5. The maximum absolute atomic E-state index is 15.5. The number of rotatable bonds is 23. The lowest BCUT2D eigenvalue weighted by atomic mass is 9.73. The number of nitrogens with two attached hydrogens (primary N) is 1. The molecule has 474 valence electrons. The number of halogens is 2. The molecule has 10 rings (SSSR count). The third kappa shape index (κ3) is 14.6. The maximum Gasteiger partial charge on any atom is 0.399 e. The largest absolute Gasteiger partial charge is 0.399 e. The first kappa shape index (κ1) is 64.6. The summed E-state index contributed by atoms with van der Waals surface area (Å²) in [4.78, 5) is 144. The molecule has 1 saturated heterocycles. The SMILES string of the molecule is NC(=O)CC[C@H](NC(=O)[C@@H]1Cc2cccc3c2N1C(=O)[C@@H](NC(=O)c1cc2cc(C(F)(F)P(=O)(O)O)cc(C(=O)NCCCCCCCCC#Cc4cccc5c4CN(C4CCC(=O)NC4=O)C5=O)c2s1)CC3)C(=O)NC(C1CCCCC1)C1CCCCC1. The molecule has 5 heterocycles. The number of para-hydroxylation sites is 1. The van der Waals surface area contributed by atoms with Gasteiger partial charge in [-0.3, -0.25) is 57.9 Å². The summed E-state index contributed by atoms with van der Waals surface area (Å²) in [5.41, 5.74) is 3.35. The second kappa shape index (κ2) is 28.2. The van der Waals surface area contributed by atoms with Crippen LogP contribution in [0.2, 0.25) is 0 Å². The fraction of sp³-hybridized carbons (Fsp3) is 0.523. The zero-order valence-electron chi connectivity index (χ0n) is 49.7. The van der Waals surface area contributed by atoms with Crippen LogP contribution in [-0.2, 0) is 58.4 Å². The van der Waals surface area contributed by atoms with Gasteiger partial charge >= 0.3 is 13.3 Å². The minimum atomic E-state index is -6.11. The molecule has 24 heteroatoms. The second-order valence-electron chi connectivity index (χ2n) is 24.6. The Hall–Kier alpha value is -7.38. The number of carbonyl (C=O) groups is 9. The number of anilines is 1. The van der Waals surface area contributed by atoms with Gasteiger partial charge in [0.15, 0.2) is 0 Å². The maximum atomic E-state index is 15.5. The Balaban J connectivity index is 0.762. The van der Waals surface area contributed by atoms with Crippen LogP contribution in [-0.4, -0.2) is 105 Å². The van der Waals surface area contributed by atoms with Crippen LogP contribution in [0.5, 0.6) is 0 Å². The van der Waals surface area contributed by atoms with Crippen molar-refractivity contribution in [2.24, 2.45) is 17.6 Å². The van der Waals surface area contributed by atoms with Crippen LogP contribution in [0, 0.1) is 23.7 Å². The van der Waals surface area contributed by atoms with Gasteiger partial charge in [-0.2, -0.15) is 8.78 Å². The van der Waals surface area contributed by atoms with Crippen molar-refractivity contribution in [2.45, 2.75) is 197 Å². The molecular formula is C65H77F2N8O12PS. The molecule has 1 unspecified atom stereocenters. The second-order valence-corrected chi connectivity index (χ2v) is 27.3. The van der Waals surface area contributed by atoms with Crippen molar-refractivity contribution in [3.8, 4) is 11.8 Å². The topological polar surface area (TPSA) is 304 Å². The number of benzene rings is 3. The fourth-order valence-corrected chi connectivity index (χ4v) is 15.4. The number of alkyl halides is 2. The van der Waals surface area contributed by atoms with E-state index in [9.17, 15) is 57.5 Å². The number of amides is 9. The first-order valence-corrected chi connectivity index (χ1v) is 33.8. The molecule has 2 saturated carbocycles. The Bertz CT molecular complexity index is 3530. The van der Waals surface area contributed by atoms with Gasteiger partial charge in [0.05, 0.1) is 16.1 Å². The third-order valence-electron chi connectivity index (χ3n) is 18.6. The first-order valence-electron chi connectivity index (χ1n) is 31.4. The molecule has 20 nitrogen and oxygen atoms in total. The molecule has 0 radical (unpaired) electrons. The summed E-state index contributed by atoms with van der Waals surface area (Å²) in [5, 5.41) is 14.0. The van der Waals surface area contributed by atoms with Crippen molar-refractivity contribution in [3.63, 3.8) is 0 Å². The van der Waals surface area contributed by atoms with E-state index in [0.29, 0.717) is 59.9 Å². The highest BCUT2D eigenvalue weighted by molar-refractivity contribution is 7.52. The molecule has 1 aromatic heterocycles. The van der Waals surface area contributed by atoms with Gasteiger partial charge in [-0.15, -0.1) is 11.3 Å². The zero-order chi connectivity index (χ0) is 63.1. The normalized spacial score (nSPS) is 20.1. The van der Waals surface area contributed by atoms with E-state index in [4.69, 9.17) is 5.73 Å². The third-order valence-corrected chi connectivity index (χ3v) is 20.7. The van der Waals surface area contributed by atoms with Crippen LogP contribution < -0.4 is 37.2 Å². The van der Waals surface area contributed by atoms with Gasteiger partial charge < -0.3 is 41.7 Å². The van der Waals surface area contributed by atoms with Gasteiger partial charge in [-0.1, -0.05) is 100 Å². The van der Waals surface area contributed by atoms with Crippen LogP contribution in [0.3, 0.4) is 0 Å². The monoisotopic (exact) mass is 1260 g/mol. The highest BCUT2D eigenvalue weighted by Crippen LogP contribution is 2.60. The summed E-state index contributed by atoms with van der Waals surface area (Å²) >= 11 is 0.778. The number of hydrogen-bond donors (Lipinski definition) is 8. The summed E-state index contributed by atoms with van der Waals surface area (Å²) < 4.78 is 43.2. The van der Waals surface area contributed by atoms with Gasteiger partial charge in [0.1, 0.15) is 24.2 Å². The average molecular weight is 1260 g/mol. The van der Waals surface area contributed by atoms with E-state index in [-0.39, 0.29) is 90.0 Å². The van der Waals surface area contributed by atoms with E-state index in [1.54, 1.807) is 12.1 Å². The van der Waals surface area contributed by atoms with Gasteiger partial charge in [-0.05, 0) is 128 Å². The Kier molecular flexibility index (Phi) is 20.5. The molecule has 4 aliphatic heterocycles. The van der Waals surface area contributed by atoms with E-state index in [1.165, 1.54) is 15.9 Å². The predicted octanol–water partition coefficient (Wildman–Crippen LogP) is 7.80. The highest BCUT2D eigenvalue weighted by Gasteiger charge is 2.51. The number of aryl methyl sites for hydroxylation is 1. The molecule has 89 heavy (non-hydrogen) atoms. The van der Waals surface area contributed by atoms with Crippen molar-refractivity contribution >= 4 is 87.9 Å². The standard InChI is InChI=1S/C65H77F2N8O12PS/c66-65(67,88(85,86)87)44-33-43-35-52(89-57(43)46(36-44)58(78)69-32-14-6-4-2-1-3-5-9-17-38-22-16-25-45-47(38)37-74(63(45)83)50-29-31-54(77)72-60(50)80)62(82)71-49-27-26-41-23-15-24-42-34-51(75(56(41)42)64(49)84)61(81)70-48(28-30-53(68)76)59(79)73-55(39-18-10-7-11-19-39)40-20-12-8-13-21-40/h15-16,22-25,33,35-36,39-40,48-51,55H,1-8,10-14,18-21,26-32,34,37H2,(H2,68,76)(H,69,78)(H,70,81)(H,71,82)(H,73,79)(H,72,77,80)(H2,85,86,87)/t48-,49-,50?,51-/m0/s1. The van der Waals surface area contributed by atoms with Crippen LogP contribution in [0.4, 0.5) is 14.5 Å². The number of imide groups is 1. The number of piperidine rings is 1. The number of nitrogens with zero attached hydrogens (tertiary/aromatic N) is 2. The van der Waals surface area contributed by atoms with E-state index in [2.05, 4.69) is 38.4 Å². The van der Waals surface area contributed by atoms with Crippen LogP contribution in [0.15, 0.2) is 54.6 Å². The van der Waals surface area contributed by atoms with Crippen LogP contribution in [0.25, 0.3) is 10.1 Å². The number of carbonyl (C=O) groups excluding carboxylic acids is 9. The van der Waals surface area contributed by atoms with Crippen molar-refractivity contribution in [1.29, 1.82) is 0 Å². The van der Waals surface area contributed by atoms with Gasteiger partial charge in [-0.25, -0.2) is 0 Å². The molecule has 4 atom stereocenters. The van der Waals surface area contributed by atoms with Gasteiger partial charge in [0.2, 0.25) is 35.4 Å². The summed E-state index contributed by atoms with van der Waals surface area (Å²) in [5.74, 6) is 1.95. The van der Waals surface area contributed by atoms with Gasteiger partial charge in [0, 0.05) is 66.2 Å². The molecule has 4 aromatic rings. The number of unbranched alkanes of at least 4 members (excludes halogenated alkanes) is 6. The van der Waals surface area contributed by atoms with E-state index >= 15 is 8.78 Å². The van der Waals surface area contributed by atoms with Crippen molar-refractivity contribution in [1.82, 2.24) is 31.5 Å². The Morgan fingerprint density at radius 1 is 0.809 bits per heavy atom. The molecule has 9 N–H and O–H groups in total. The molecule has 6 aliphatic rings. The molecule has 0 spiro atoms. The Morgan fingerprint density at radius 3 is 2.19 bits per heavy atom. The average Bonchev–Trinajstić information content (AvgIpc) is 2.06. The number of hydrogen-bond acceptors (Lipinski definition) is 11. The van der Waals surface area contributed by atoms with Gasteiger partial charge in [0.25, 0.3) is 17.7 Å². The summed E-state index contributed by atoms with van der Waals surface area (Å²) in [6, 6.07) is 9.22. The summed E-state index contributed by atoms with van der Waals surface area (Å²) in [6.45, 7) is 0.369. The number of primary amides is 1. The molecule has 9 amide bonds. The van der Waals surface area contributed by atoms with Crippen LogP contribution >= 0.6 is 18.9 Å². The van der Waals surface area contributed by atoms with E-state index in [1.807, 2.05) is 24.3 Å². The predicted molar refractivity (Wildman–Crippen MR) is 328 cm³/mol. The lowest BCUT2D eigenvalue weighted by Gasteiger charge is -2.39. The quantitative estimate of drug-likeness (QED) is 0.0153. The lowest BCUT2D eigenvalue weighted by molar-refractivity contribution is -0.137. The summed E-state index contributed by atoms with van der Waals surface area (Å²) in [7, 11) is -6.11. The van der Waals surface area contributed by atoms with Crippen LogP contribution in [0.1, 0.15) is 199 Å². The lowest BCUT2D eigenvalue weighted by Crippen LogP contribution is -2.58. The van der Waals surface area contributed by atoms with Crippen molar-refractivity contribution in [3.05, 3.63) is 98.4 Å². The minimum absolute atomic E-state index is 0.0608. The molecule has 2 aliphatic carbocycles. The summed E-state index contributed by atoms with van der Waals surface area (Å²) in [6.07, 6.45) is 16.4. The highest BCUT2D eigenvalue weighted by atomic mass is 32.1. The minimum Gasteiger partial charge on any atom is -0.370 e. The zero-order valence-corrected chi connectivity index (χ0v) is 51.4. The van der Waals surface area contributed by atoms with E-state index < -0.39 is 84.3 Å². The molecular weight excluding hydrogens is 1190 g/mol. The van der Waals surface area contributed by atoms with E-state index in [0.717, 1.165) is 124 Å². The van der Waals surface area contributed by atoms with Crippen molar-refractivity contribution < 1.29 is 66.3 Å². The molecule has 3 aromatic carbocycles. The Morgan fingerprint density at radius 2 is 1.49 bits per heavy atom.